The van der Waals surface area contributed by atoms with Gasteiger partial charge < -0.3 is 9.32 Å². The Balaban J connectivity index is 1.89. The number of nitrogens with zero attached hydrogens (tertiary/aromatic N) is 1. The Morgan fingerprint density at radius 3 is 2.62 bits per heavy atom. The maximum absolute atomic E-state index is 11.8. The average Bonchev–Trinajstić information content (AvgIpc) is 2.83. The molecule has 1 aliphatic heterocycles. The van der Waals surface area contributed by atoms with E-state index >= 15 is 0 Å². The van der Waals surface area contributed by atoms with Crippen molar-refractivity contribution in [3.63, 3.8) is 0 Å². The van der Waals surface area contributed by atoms with Gasteiger partial charge in [0, 0.05) is 13.1 Å². The summed E-state index contributed by atoms with van der Waals surface area (Å²) in [5, 5.41) is 0. The van der Waals surface area contributed by atoms with E-state index in [0.29, 0.717) is 0 Å². The fraction of sp³-hybridized carbons (Fsp3) is 0.500. The Morgan fingerprint density at radius 2 is 2.00 bits per heavy atom. The normalized spacial score (nSPS) is 16.1. The van der Waals surface area contributed by atoms with Gasteiger partial charge in [0.25, 0.3) is 0 Å². The molecular formula is C12H15NO3. The lowest BCUT2D eigenvalue weighted by atomic mass is 10.1. The molecule has 16 heavy (non-hydrogen) atoms. The van der Waals surface area contributed by atoms with E-state index in [-0.39, 0.29) is 23.9 Å². The lowest BCUT2D eigenvalue weighted by Crippen LogP contribution is -2.36. The van der Waals surface area contributed by atoms with Gasteiger partial charge in [0.1, 0.15) is 0 Å². The molecule has 0 spiro atoms. The largest absolute Gasteiger partial charge is 0.461 e. The van der Waals surface area contributed by atoms with Gasteiger partial charge in [-0.25, -0.2) is 0 Å². The first-order chi connectivity index (χ1) is 7.77. The Labute approximate surface area is 94.2 Å². The molecule has 0 atom stereocenters. The van der Waals surface area contributed by atoms with Crippen LogP contribution in [0.25, 0.3) is 0 Å². The van der Waals surface area contributed by atoms with E-state index in [0.717, 1.165) is 25.9 Å². The van der Waals surface area contributed by atoms with Gasteiger partial charge in [-0.15, -0.1) is 0 Å². The van der Waals surface area contributed by atoms with E-state index in [1.54, 1.807) is 17.0 Å². The summed E-state index contributed by atoms with van der Waals surface area (Å²) < 4.78 is 4.96. The smallest absolute Gasteiger partial charge is 0.230 e. The maximum atomic E-state index is 11.8. The van der Waals surface area contributed by atoms with Crippen LogP contribution in [0.15, 0.2) is 22.8 Å². The summed E-state index contributed by atoms with van der Waals surface area (Å²) in [6.45, 7) is 1.56. The molecule has 4 heteroatoms. The monoisotopic (exact) mass is 221 g/mol. The summed E-state index contributed by atoms with van der Waals surface area (Å²) in [6.07, 6.45) is 4.63. The second-order valence-electron chi connectivity index (χ2n) is 4.02. The van der Waals surface area contributed by atoms with Crippen LogP contribution in [-0.2, 0) is 4.79 Å². The topological polar surface area (TPSA) is 50.5 Å². The number of Topliss-reactive ketones (excluding diaryl/α,β-unsaturated/α-hetero) is 1. The van der Waals surface area contributed by atoms with Crippen LogP contribution in [0.4, 0.5) is 0 Å². The molecule has 0 saturated carbocycles. The number of carbonyl (C=O) groups is 2. The number of hydrogen-bond acceptors (Lipinski definition) is 3. The number of furan rings is 1. The van der Waals surface area contributed by atoms with Gasteiger partial charge in [-0.1, -0.05) is 0 Å². The molecule has 86 valence electrons. The van der Waals surface area contributed by atoms with Crippen molar-refractivity contribution >= 4 is 11.7 Å². The van der Waals surface area contributed by atoms with Gasteiger partial charge in [-0.3, -0.25) is 9.59 Å². The minimum atomic E-state index is -0.236. The zero-order valence-corrected chi connectivity index (χ0v) is 9.15. The lowest BCUT2D eigenvalue weighted by Gasteiger charge is -2.26. The molecule has 1 fully saturated rings. The summed E-state index contributed by atoms with van der Waals surface area (Å²) >= 11 is 0. The summed E-state index contributed by atoms with van der Waals surface area (Å²) in [5.74, 6) is -0.0490. The number of hydrogen-bond donors (Lipinski definition) is 0. The van der Waals surface area contributed by atoms with Crippen molar-refractivity contribution < 1.29 is 14.0 Å². The first-order valence-electron chi connectivity index (χ1n) is 5.62. The van der Waals surface area contributed by atoms with E-state index in [1.165, 1.54) is 12.7 Å². The highest BCUT2D eigenvalue weighted by Crippen LogP contribution is 2.12. The van der Waals surface area contributed by atoms with Crippen LogP contribution in [0.3, 0.4) is 0 Å². The van der Waals surface area contributed by atoms with E-state index in [4.69, 9.17) is 4.42 Å². The lowest BCUT2D eigenvalue weighted by molar-refractivity contribution is -0.131. The number of amides is 1. The van der Waals surface area contributed by atoms with Crippen LogP contribution in [-0.4, -0.2) is 29.7 Å². The Kier molecular flexibility index (Phi) is 3.39. The SMILES string of the molecule is O=C(CC(=O)N1CCCCC1)c1ccco1. The summed E-state index contributed by atoms with van der Waals surface area (Å²) in [5.41, 5.74) is 0. The molecule has 1 aromatic rings. The standard InChI is InChI=1S/C12H15NO3/c14-10(11-5-4-8-16-11)9-12(15)13-6-2-1-3-7-13/h4-5,8H,1-3,6-7,9H2. The third-order valence-corrected chi connectivity index (χ3v) is 2.82. The fourth-order valence-electron chi connectivity index (χ4n) is 1.92. The summed E-state index contributed by atoms with van der Waals surface area (Å²) in [6, 6.07) is 3.24. The molecule has 4 nitrogen and oxygen atoms in total. The molecule has 0 N–H and O–H groups in total. The van der Waals surface area contributed by atoms with Gasteiger partial charge >= 0.3 is 0 Å². The molecule has 2 heterocycles. The zero-order chi connectivity index (χ0) is 11.4. The van der Waals surface area contributed by atoms with Crippen LogP contribution in [0.2, 0.25) is 0 Å². The van der Waals surface area contributed by atoms with Crippen molar-refractivity contribution in [2.24, 2.45) is 0 Å². The second-order valence-corrected chi connectivity index (χ2v) is 4.02. The van der Waals surface area contributed by atoms with Crippen molar-refractivity contribution in [3.8, 4) is 0 Å². The quantitative estimate of drug-likeness (QED) is 0.578. The van der Waals surface area contributed by atoms with Crippen molar-refractivity contribution in [2.45, 2.75) is 25.7 Å². The molecule has 0 bridgehead atoms. The van der Waals surface area contributed by atoms with Gasteiger partial charge in [0.2, 0.25) is 11.7 Å². The third kappa shape index (κ3) is 2.51. The molecule has 2 rings (SSSR count). The fourth-order valence-corrected chi connectivity index (χ4v) is 1.92. The van der Waals surface area contributed by atoms with E-state index in [2.05, 4.69) is 0 Å². The van der Waals surface area contributed by atoms with Crippen molar-refractivity contribution in [1.29, 1.82) is 0 Å². The van der Waals surface area contributed by atoms with Crippen molar-refractivity contribution in [1.82, 2.24) is 4.90 Å². The van der Waals surface area contributed by atoms with Crippen LogP contribution in [0.5, 0.6) is 0 Å². The zero-order valence-electron chi connectivity index (χ0n) is 9.15. The number of rotatable bonds is 3. The van der Waals surface area contributed by atoms with Crippen molar-refractivity contribution in [2.75, 3.05) is 13.1 Å². The molecule has 0 aliphatic carbocycles. The molecule has 1 aliphatic rings. The maximum Gasteiger partial charge on any atom is 0.230 e. The molecule has 1 aromatic heterocycles. The highest BCUT2D eigenvalue weighted by Gasteiger charge is 2.20. The molecular weight excluding hydrogens is 206 g/mol. The summed E-state index contributed by atoms with van der Waals surface area (Å²) in [7, 11) is 0. The van der Waals surface area contributed by atoms with Crippen LogP contribution in [0, 0.1) is 0 Å². The summed E-state index contributed by atoms with van der Waals surface area (Å²) in [4.78, 5) is 25.2. The third-order valence-electron chi connectivity index (χ3n) is 2.82. The van der Waals surface area contributed by atoms with Crippen LogP contribution >= 0.6 is 0 Å². The first-order valence-corrected chi connectivity index (χ1v) is 5.62. The second kappa shape index (κ2) is 4.96. The van der Waals surface area contributed by atoms with Gasteiger partial charge in [-0.05, 0) is 31.4 Å². The van der Waals surface area contributed by atoms with Gasteiger partial charge in [0.05, 0.1) is 12.7 Å². The predicted octanol–water partition coefficient (Wildman–Crippen LogP) is 1.86. The first kappa shape index (κ1) is 10.9. The molecule has 1 amide bonds. The highest BCUT2D eigenvalue weighted by molar-refractivity contribution is 6.05. The number of likely N-dealkylation sites (tertiary alicyclic amines) is 1. The Bertz CT molecular complexity index is 364. The van der Waals surface area contributed by atoms with Gasteiger partial charge in [0.15, 0.2) is 5.76 Å². The number of piperidine rings is 1. The van der Waals surface area contributed by atoms with Gasteiger partial charge in [-0.2, -0.15) is 0 Å². The Morgan fingerprint density at radius 1 is 1.25 bits per heavy atom. The van der Waals surface area contributed by atoms with E-state index < -0.39 is 0 Å². The number of carbonyl (C=O) groups excluding carboxylic acids is 2. The minimum Gasteiger partial charge on any atom is -0.461 e. The van der Waals surface area contributed by atoms with E-state index in [1.807, 2.05) is 0 Å². The van der Waals surface area contributed by atoms with Crippen LogP contribution in [0.1, 0.15) is 36.2 Å². The molecule has 0 unspecified atom stereocenters. The number of ketones is 1. The minimum absolute atomic E-state index is 0.0759. The molecule has 1 saturated heterocycles. The van der Waals surface area contributed by atoms with E-state index in [9.17, 15) is 9.59 Å². The Hall–Kier alpha value is -1.58. The average molecular weight is 221 g/mol. The van der Waals surface area contributed by atoms with Crippen molar-refractivity contribution in [3.05, 3.63) is 24.2 Å². The van der Waals surface area contributed by atoms with Crippen LogP contribution < -0.4 is 0 Å². The molecule has 0 radical (unpaired) electrons. The highest BCUT2D eigenvalue weighted by atomic mass is 16.3. The molecule has 0 aromatic carbocycles. The predicted molar refractivity (Wildman–Crippen MR) is 58.1 cm³/mol.